The molecule has 0 aromatic rings. The average Bonchev–Trinajstić information content (AvgIpc) is 2.77. The van der Waals surface area contributed by atoms with Gasteiger partial charge in [0.25, 0.3) is 0 Å². The van der Waals surface area contributed by atoms with Crippen molar-refractivity contribution in [3.8, 4) is 0 Å². The van der Waals surface area contributed by atoms with Crippen LogP contribution in [0.1, 0.15) is 90.9 Å². The van der Waals surface area contributed by atoms with Crippen molar-refractivity contribution in [2.45, 2.75) is 97.0 Å². The fourth-order valence-corrected chi connectivity index (χ4v) is 2.86. The first-order valence-corrected chi connectivity index (χ1v) is 12.2. The SMILES string of the molecule is CC/C=C\C/C=C\C/C=C\C/C=C\CCCOCC(CO)OC(=O)CCCCCCC. The lowest BCUT2D eigenvalue weighted by molar-refractivity contribution is -0.154. The fourth-order valence-electron chi connectivity index (χ4n) is 2.86. The van der Waals surface area contributed by atoms with Gasteiger partial charge in [-0.1, -0.05) is 88.1 Å². The lowest BCUT2D eigenvalue weighted by Crippen LogP contribution is -2.27. The first kappa shape index (κ1) is 29.4. The van der Waals surface area contributed by atoms with Gasteiger partial charge in [-0.25, -0.2) is 0 Å². The van der Waals surface area contributed by atoms with Crippen molar-refractivity contribution in [1.82, 2.24) is 0 Å². The van der Waals surface area contributed by atoms with E-state index in [4.69, 9.17) is 9.47 Å². The van der Waals surface area contributed by atoms with E-state index in [2.05, 4.69) is 62.5 Å². The van der Waals surface area contributed by atoms with E-state index in [9.17, 15) is 9.90 Å². The zero-order valence-corrected chi connectivity index (χ0v) is 20.0. The standard InChI is InChI=1S/C27H46O4/c1-3-5-7-9-10-11-12-13-14-15-16-17-19-21-23-30-25-26(24-28)31-27(29)22-20-18-8-6-4-2/h5,7,10-11,13-14,16-17,26,28H,3-4,6,8-9,12,15,18-25H2,1-2H3/b7-5-,11-10-,14-13-,17-16-. The molecule has 0 heterocycles. The monoisotopic (exact) mass is 434 g/mol. The largest absolute Gasteiger partial charge is 0.457 e. The summed E-state index contributed by atoms with van der Waals surface area (Å²) in [4.78, 5) is 11.8. The Labute approximate surface area is 191 Å². The van der Waals surface area contributed by atoms with Gasteiger partial charge in [-0.05, 0) is 44.9 Å². The van der Waals surface area contributed by atoms with Crippen molar-refractivity contribution in [3.63, 3.8) is 0 Å². The maximum Gasteiger partial charge on any atom is 0.306 e. The number of esters is 1. The molecule has 0 saturated carbocycles. The van der Waals surface area contributed by atoms with Crippen molar-refractivity contribution < 1.29 is 19.4 Å². The topological polar surface area (TPSA) is 55.8 Å². The number of hydrogen-bond donors (Lipinski definition) is 1. The van der Waals surface area contributed by atoms with Gasteiger partial charge in [0.05, 0.1) is 13.2 Å². The number of carbonyl (C=O) groups excluding carboxylic acids is 1. The molecule has 0 aromatic carbocycles. The van der Waals surface area contributed by atoms with Crippen LogP contribution >= 0.6 is 0 Å². The number of allylic oxidation sites excluding steroid dienone is 8. The summed E-state index contributed by atoms with van der Waals surface area (Å²) in [6.45, 7) is 4.98. The summed E-state index contributed by atoms with van der Waals surface area (Å²) in [6, 6.07) is 0. The van der Waals surface area contributed by atoms with E-state index in [1.54, 1.807) is 0 Å². The van der Waals surface area contributed by atoms with Crippen LogP contribution in [0.15, 0.2) is 48.6 Å². The molecule has 0 amide bonds. The highest BCUT2D eigenvalue weighted by Gasteiger charge is 2.13. The van der Waals surface area contributed by atoms with Gasteiger partial charge in [-0.3, -0.25) is 4.79 Å². The lowest BCUT2D eigenvalue weighted by atomic mass is 10.1. The van der Waals surface area contributed by atoms with Crippen molar-refractivity contribution >= 4 is 5.97 Å². The highest BCUT2D eigenvalue weighted by Crippen LogP contribution is 2.07. The number of unbranched alkanes of at least 4 members (excludes halogenated alkanes) is 5. The molecule has 0 aliphatic carbocycles. The second-order valence-electron chi connectivity index (χ2n) is 7.68. The minimum Gasteiger partial charge on any atom is -0.457 e. The van der Waals surface area contributed by atoms with Gasteiger partial charge in [-0.15, -0.1) is 0 Å². The van der Waals surface area contributed by atoms with Crippen LogP contribution in [0.5, 0.6) is 0 Å². The molecule has 0 rings (SSSR count). The van der Waals surface area contributed by atoms with E-state index in [-0.39, 0.29) is 19.2 Å². The predicted octanol–water partition coefficient (Wildman–Crippen LogP) is 6.85. The van der Waals surface area contributed by atoms with Crippen LogP contribution in [-0.4, -0.2) is 37.0 Å². The summed E-state index contributed by atoms with van der Waals surface area (Å²) < 4.78 is 10.8. The Balaban J connectivity index is 3.62. The van der Waals surface area contributed by atoms with Gasteiger partial charge in [0.2, 0.25) is 0 Å². The van der Waals surface area contributed by atoms with Crippen LogP contribution in [0.2, 0.25) is 0 Å². The van der Waals surface area contributed by atoms with E-state index in [0.29, 0.717) is 13.0 Å². The van der Waals surface area contributed by atoms with E-state index in [1.807, 2.05) is 0 Å². The molecule has 0 aromatic heterocycles. The Morgan fingerprint density at radius 1 is 0.806 bits per heavy atom. The maximum atomic E-state index is 11.8. The van der Waals surface area contributed by atoms with Crippen molar-refractivity contribution in [3.05, 3.63) is 48.6 Å². The third kappa shape index (κ3) is 22.9. The number of hydrogen-bond acceptors (Lipinski definition) is 4. The van der Waals surface area contributed by atoms with E-state index in [0.717, 1.165) is 57.8 Å². The molecule has 4 heteroatoms. The minimum atomic E-state index is -0.555. The molecule has 178 valence electrons. The molecular weight excluding hydrogens is 388 g/mol. The Bertz CT molecular complexity index is 505. The smallest absolute Gasteiger partial charge is 0.306 e. The van der Waals surface area contributed by atoms with Crippen LogP contribution in [0.4, 0.5) is 0 Å². The van der Waals surface area contributed by atoms with Crippen molar-refractivity contribution in [1.29, 1.82) is 0 Å². The lowest BCUT2D eigenvalue weighted by Gasteiger charge is -2.15. The first-order valence-electron chi connectivity index (χ1n) is 12.2. The molecule has 0 bridgehead atoms. The van der Waals surface area contributed by atoms with Crippen LogP contribution in [-0.2, 0) is 14.3 Å². The second-order valence-corrected chi connectivity index (χ2v) is 7.68. The Hall–Kier alpha value is -1.65. The molecule has 1 atom stereocenters. The molecule has 0 spiro atoms. The fraction of sp³-hybridized carbons (Fsp3) is 0.667. The van der Waals surface area contributed by atoms with E-state index < -0.39 is 6.10 Å². The van der Waals surface area contributed by atoms with E-state index in [1.165, 1.54) is 12.8 Å². The summed E-state index contributed by atoms with van der Waals surface area (Å²) >= 11 is 0. The van der Waals surface area contributed by atoms with Gasteiger partial charge < -0.3 is 14.6 Å². The Morgan fingerprint density at radius 2 is 1.42 bits per heavy atom. The molecule has 31 heavy (non-hydrogen) atoms. The highest BCUT2D eigenvalue weighted by atomic mass is 16.6. The van der Waals surface area contributed by atoms with Crippen LogP contribution in [0.3, 0.4) is 0 Å². The summed E-state index contributed by atoms with van der Waals surface area (Å²) in [6.07, 6.45) is 28.8. The van der Waals surface area contributed by atoms with Crippen LogP contribution in [0.25, 0.3) is 0 Å². The quantitative estimate of drug-likeness (QED) is 0.122. The molecule has 1 unspecified atom stereocenters. The molecule has 0 aliphatic rings. The molecule has 0 radical (unpaired) electrons. The summed E-state index contributed by atoms with van der Waals surface area (Å²) in [5.74, 6) is -0.237. The number of rotatable bonds is 21. The first-order chi connectivity index (χ1) is 15.2. The number of aliphatic hydroxyl groups is 1. The molecule has 1 N–H and O–H groups in total. The highest BCUT2D eigenvalue weighted by molar-refractivity contribution is 5.69. The number of aliphatic hydroxyl groups excluding tert-OH is 1. The zero-order valence-electron chi connectivity index (χ0n) is 20.0. The molecular formula is C27H46O4. The van der Waals surface area contributed by atoms with Gasteiger partial charge in [-0.2, -0.15) is 0 Å². The van der Waals surface area contributed by atoms with Crippen molar-refractivity contribution in [2.75, 3.05) is 19.8 Å². The van der Waals surface area contributed by atoms with Gasteiger partial charge >= 0.3 is 5.97 Å². The van der Waals surface area contributed by atoms with Crippen LogP contribution in [0, 0.1) is 0 Å². The summed E-state index contributed by atoms with van der Waals surface area (Å²) in [5, 5.41) is 9.36. The van der Waals surface area contributed by atoms with Gasteiger partial charge in [0.1, 0.15) is 6.10 Å². The molecule has 4 nitrogen and oxygen atoms in total. The summed E-state index contributed by atoms with van der Waals surface area (Å²) in [7, 11) is 0. The number of carbonyl (C=O) groups is 1. The van der Waals surface area contributed by atoms with Crippen molar-refractivity contribution in [2.24, 2.45) is 0 Å². The average molecular weight is 435 g/mol. The minimum absolute atomic E-state index is 0.196. The molecule has 0 saturated heterocycles. The molecule has 0 aliphatic heterocycles. The zero-order chi connectivity index (χ0) is 22.8. The third-order valence-electron chi connectivity index (χ3n) is 4.67. The van der Waals surface area contributed by atoms with Crippen LogP contribution < -0.4 is 0 Å². The number of ether oxygens (including phenoxy) is 2. The van der Waals surface area contributed by atoms with E-state index >= 15 is 0 Å². The normalized spacial score (nSPS) is 13.3. The molecule has 0 fully saturated rings. The Morgan fingerprint density at radius 3 is 2.03 bits per heavy atom. The second kappa shape index (κ2) is 24.6. The van der Waals surface area contributed by atoms with Gasteiger partial charge in [0.15, 0.2) is 0 Å². The van der Waals surface area contributed by atoms with Gasteiger partial charge in [0, 0.05) is 13.0 Å². The Kier molecular flexibility index (Phi) is 23.3. The third-order valence-corrected chi connectivity index (χ3v) is 4.67. The predicted molar refractivity (Wildman–Crippen MR) is 131 cm³/mol. The summed E-state index contributed by atoms with van der Waals surface area (Å²) in [5.41, 5.74) is 0. The maximum absolute atomic E-state index is 11.8.